The Morgan fingerprint density at radius 2 is 1.58 bits per heavy atom. The predicted molar refractivity (Wildman–Crippen MR) is 81.1 cm³/mol. The highest BCUT2D eigenvalue weighted by Crippen LogP contribution is 2.18. The molecule has 0 heterocycles. The first-order valence-electron chi connectivity index (χ1n) is 6.47. The van der Waals surface area contributed by atoms with Crippen LogP contribution in [-0.4, -0.2) is 13.3 Å². The van der Waals surface area contributed by atoms with Crippen molar-refractivity contribution in [2.75, 3.05) is 0 Å². The van der Waals surface area contributed by atoms with E-state index in [1.165, 1.54) is 12.1 Å². The lowest BCUT2D eigenvalue weighted by Crippen LogP contribution is -2.01. The van der Waals surface area contributed by atoms with Crippen molar-refractivity contribution in [2.45, 2.75) is 5.75 Å². The van der Waals surface area contributed by atoms with Gasteiger partial charge in [-0.15, -0.1) is 0 Å². The highest BCUT2D eigenvalue weighted by Gasteiger charge is 2.13. The van der Waals surface area contributed by atoms with Crippen LogP contribution in [-0.2, 0) is 15.6 Å². The van der Waals surface area contributed by atoms with Gasteiger partial charge in [-0.1, -0.05) is 12.1 Å². The van der Waals surface area contributed by atoms with Crippen molar-refractivity contribution in [3.8, 4) is 0 Å². The Balaban J connectivity index is 2.21. The van der Waals surface area contributed by atoms with Crippen LogP contribution >= 0.6 is 0 Å². The summed E-state index contributed by atoms with van der Waals surface area (Å²) in [5.74, 6) is -4.08. The van der Waals surface area contributed by atoms with E-state index < -0.39 is 43.5 Å². The number of hydrogen-bond donors (Lipinski definition) is 0. The van der Waals surface area contributed by atoms with Gasteiger partial charge in [-0.2, -0.15) is 0 Å². The first-order valence-corrected chi connectivity index (χ1v) is 8.18. The first kappa shape index (κ1) is 17.7. The summed E-state index contributed by atoms with van der Waals surface area (Å²) in [5.41, 5.74) is -0.601. The predicted octanol–water partition coefficient (Wildman–Crippen LogP) is 3.60. The van der Waals surface area contributed by atoms with Crippen molar-refractivity contribution in [3.05, 3.63) is 80.5 Å². The van der Waals surface area contributed by atoms with E-state index in [-0.39, 0.29) is 11.3 Å². The molecule has 0 fully saturated rings. The highest BCUT2D eigenvalue weighted by molar-refractivity contribution is 7.93. The number of nitro groups is 1. The number of non-ortho nitro benzene ring substituents is 1. The summed E-state index contributed by atoms with van der Waals surface area (Å²) in [6.45, 7) is 0. The third kappa shape index (κ3) is 4.42. The summed E-state index contributed by atoms with van der Waals surface area (Å²) < 4.78 is 63.6. The summed E-state index contributed by atoms with van der Waals surface area (Å²) in [6, 6.07) is 5.70. The molecular formula is C15H10F3NO4S. The maximum atomic E-state index is 13.4. The van der Waals surface area contributed by atoms with E-state index in [4.69, 9.17) is 0 Å². The van der Waals surface area contributed by atoms with Gasteiger partial charge >= 0.3 is 0 Å². The molecule has 0 amide bonds. The van der Waals surface area contributed by atoms with Crippen LogP contribution in [0.2, 0.25) is 0 Å². The lowest BCUT2D eigenvalue weighted by Gasteiger charge is -2.02. The Labute approximate surface area is 135 Å². The van der Waals surface area contributed by atoms with Gasteiger partial charge in [-0.3, -0.25) is 10.1 Å². The molecule has 0 radical (unpaired) electrons. The SMILES string of the molecule is O=[N+]([O-])c1ccc(CS(=O)(=O)/C=C\c2c(F)cc(F)cc2F)cc1. The minimum atomic E-state index is -3.89. The third-order valence-electron chi connectivity index (χ3n) is 3.00. The second kappa shape index (κ2) is 6.83. The van der Waals surface area contributed by atoms with E-state index in [0.717, 1.165) is 12.1 Å². The minimum absolute atomic E-state index is 0.192. The monoisotopic (exact) mass is 357 g/mol. The average molecular weight is 357 g/mol. The van der Waals surface area contributed by atoms with E-state index in [1.54, 1.807) is 0 Å². The van der Waals surface area contributed by atoms with E-state index in [2.05, 4.69) is 0 Å². The van der Waals surface area contributed by atoms with Crippen LogP contribution in [0.25, 0.3) is 6.08 Å². The smallest absolute Gasteiger partial charge is 0.258 e. The fraction of sp³-hybridized carbons (Fsp3) is 0.0667. The van der Waals surface area contributed by atoms with Crippen LogP contribution in [0.3, 0.4) is 0 Å². The van der Waals surface area contributed by atoms with Gasteiger partial charge in [0.1, 0.15) is 17.5 Å². The number of benzene rings is 2. The molecule has 0 aromatic heterocycles. The maximum Gasteiger partial charge on any atom is 0.269 e. The number of nitro benzene ring substituents is 1. The van der Waals surface area contributed by atoms with Gasteiger partial charge in [0.2, 0.25) is 0 Å². The summed E-state index contributed by atoms with van der Waals surface area (Å²) in [4.78, 5) is 9.90. The van der Waals surface area contributed by atoms with Gasteiger partial charge in [0.05, 0.1) is 10.7 Å². The lowest BCUT2D eigenvalue weighted by atomic mass is 10.2. The van der Waals surface area contributed by atoms with Crippen molar-refractivity contribution in [1.29, 1.82) is 0 Å². The summed E-state index contributed by atoms with van der Waals surface area (Å²) >= 11 is 0. The molecule has 9 heteroatoms. The van der Waals surface area contributed by atoms with E-state index >= 15 is 0 Å². The Morgan fingerprint density at radius 3 is 2.08 bits per heavy atom. The molecule has 24 heavy (non-hydrogen) atoms. The summed E-state index contributed by atoms with van der Waals surface area (Å²) in [5, 5.41) is 11.1. The number of halogens is 3. The van der Waals surface area contributed by atoms with Gasteiger partial charge in [0, 0.05) is 35.2 Å². The van der Waals surface area contributed by atoms with Crippen molar-refractivity contribution in [2.24, 2.45) is 0 Å². The van der Waals surface area contributed by atoms with Crippen LogP contribution in [0, 0.1) is 27.6 Å². The minimum Gasteiger partial charge on any atom is -0.258 e. The molecule has 0 N–H and O–H groups in total. The molecular weight excluding hydrogens is 347 g/mol. The van der Waals surface area contributed by atoms with Crippen LogP contribution in [0.1, 0.15) is 11.1 Å². The highest BCUT2D eigenvalue weighted by atomic mass is 32.2. The molecule has 0 aliphatic heterocycles. The van der Waals surface area contributed by atoms with Gasteiger partial charge in [-0.05, 0) is 11.6 Å². The van der Waals surface area contributed by atoms with Gasteiger partial charge in [-0.25, -0.2) is 21.6 Å². The lowest BCUT2D eigenvalue weighted by molar-refractivity contribution is -0.384. The molecule has 0 saturated heterocycles. The second-order valence-corrected chi connectivity index (χ2v) is 6.70. The van der Waals surface area contributed by atoms with Crippen molar-refractivity contribution in [3.63, 3.8) is 0 Å². The molecule has 0 atom stereocenters. The van der Waals surface area contributed by atoms with Crippen molar-refractivity contribution in [1.82, 2.24) is 0 Å². The molecule has 0 unspecified atom stereocenters. The zero-order valence-electron chi connectivity index (χ0n) is 11.9. The van der Waals surface area contributed by atoms with Crippen LogP contribution in [0.5, 0.6) is 0 Å². The van der Waals surface area contributed by atoms with E-state index in [9.17, 15) is 31.7 Å². The molecule has 5 nitrogen and oxygen atoms in total. The molecule has 0 spiro atoms. The molecule has 0 aliphatic rings. The summed E-state index contributed by atoms with van der Waals surface area (Å²) in [7, 11) is -3.89. The van der Waals surface area contributed by atoms with Crippen molar-refractivity contribution < 1.29 is 26.5 Å². The first-order chi connectivity index (χ1) is 11.2. The quantitative estimate of drug-likeness (QED) is 0.605. The van der Waals surface area contributed by atoms with Gasteiger partial charge < -0.3 is 0 Å². The van der Waals surface area contributed by atoms with E-state index in [0.29, 0.717) is 23.6 Å². The van der Waals surface area contributed by atoms with Crippen LogP contribution in [0.15, 0.2) is 41.8 Å². The molecule has 2 aromatic rings. The van der Waals surface area contributed by atoms with Crippen LogP contribution < -0.4 is 0 Å². The molecule has 126 valence electrons. The summed E-state index contributed by atoms with van der Waals surface area (Å²) in [6.07, 6.45) is 0.699. The molecule has 0 aliphatic carbocycles. The molecule has 2 rings (SSSR count). The number of rotatable bonds is 5. The van der Waals surface area contributed by atoms with Gasteiger partial charge in [0.25, 0.3) is 5.69 Å². The Hall–Kier alpha value is -2.68. The van der Waals surface area contributed by atoms with Crippen molar-refractivity contribution >= 4 is 21.6 Å². The fourth-order valence-electron chi connectivity index (χ4n) is 1.88. The molecule has 0 bridgehead atoms. The van der Waals surface area contributed by atoms with Gasteiger partial charge in [0.15, 0.2) is 9.84 Å². The number of nitrogens with zero attached hydrogens (tertiary/aromatic N) is 1. The Morgan fingerprint density at radius 1 is 1.04 bits per heavy atom. The zero-order valence-corrected chi connectivity index (χ0v) is 12.8. The number of sulfone groups is 1. The maximum absolute atomic E-state index is 13.4. The average Bonchev–Trinajstić information content (AvgIpc) is 2.46. The standard InChI is InChI=1S/C15H10F3NO4S/c16-11-7-14(17)13(15(18)8-11)5-6-24(22,23)9-10-1-3-12(4-2-10)19(20)21/h1-8H,9H2/b6-5-. The zero-order chi connectivity index (χ0) is 17.9. The van der Waals surface area contributed by atoms with Crippen LogP contribution in [0.4, 0.5) is 18.9 Å². The van der Waals surface area contributed by atoms with E-state index in [1.807, 2.05) is 0 Å². The number of hydrogen-bond acceptors (Lipinski definition) is 4. The normalized spacial score (nSPS) is 11.8. The Kier molecular flexibility index (Phi) is 5.03. The molecule has 2 aromatic carbocycles. The fourth-order valence-corrected chi connectivity index (χ4v) is 2.98. The largest absolute Gasteiger partial charge is 0.269 e. The second-order valence-electron chi connectivity index (χ2n) is 4.82. The molecule has 0 saturated carbocycles. The Bertz CT molecular complexity index is 886. The third-order valence-corrected chi connectivity index (χ3v) is 4.29. The topological polar surface area (TPSA) is 77.3 Å².